The smallest absolute Gasteiger partial charge is 0.269 e. The number of ether oxygens (including phenoxy) is 2. The van der Waals surface area contributed by atoms with Gasteiger partial charge < -0.3 is 13.9 Å². The van der Waals surface area contributed by atoms with Gasteiger partial charge in [0, 0.05) is 16.5 Å². The van der Waals surface area contributed by atoms with Crippen LogP contribution < -0.4 is 20.3 Å². The third-order valence-electron chi connectivity index (χ3n) is 4.52. The Kier molecular flexibility index (Phi) is 6.39. The molecule has 0 aliphatic heterocycles. The molecule has 3 aromatic rings. The minimum Gasteiger partial charge on any atom is -0.493 e. The maximum Gasteiger partial charge on any atom is 0.269 e. The number of carbonyl (C=O) groups excluding carboxylic acids is 2. The quantitative estimate of drug-likeness (QED) is 0.598. The summed E-state index contributed by atoms with van der Waals surface area (Å²) < 4.78 is 16.2. The van der Waals surface area contributed by atoms with Crippen LogP contribution in [0.5, 0.6) is 11.5 Å². The Hall–Kier alpha value is -3.48. The van der Waals surface area contributed by atoms with Gasteiger partial charge in [-0.3, -0.25) is 20.4 Å². The fourth-order valence-electron chi connectivity index (χ4n) is 2.98. The number of hydrogen-bond donors (Lipinski definition) is 2. The molecule has 0 radical (unpaired) electrons. The number of furan rings is 1. The van der Waals surface area contributed by atoms with Gasteiger partial charge in [0.05, 0.1) is 26.4 Å². The zero-order chi connectivity index (χ0) is 20.8. The molecule has 7 heteroatoms. The predicted molar refractivity (Wildman–Crippen MR) is 109 cm³/mol. The maximum absolute atomic E-state index is 12.3. The molecule has 2 amide bonds. The van der Waals surface area contributed by atoms with Crippen molar-refractivity contribution in [3.63, 3.8) is 0 Å². The van der Waals surface area contributed by atoms with E-state index < -0.39 is 5.91 Å². The number of fused-ring (bicyclic) bond motifs is 1. The molecular weight excluding hydrogens is 372 g/mol. The summed E-state index contributed by atoms with van der Waals surface area (Å²) in [6.07, 6.45) is 2.57. The molecule has 0 unspecified atom stereocenters. The van der Waals surface area contributed by atoms with Gasteiger partial charge in [0.2, 0.25) is 5.91 Å². The minimum absolute atomic E-state index is 0.0886. The molecule has 0 fully saturated rings. The van der Waals surface area contributed by atoms with Crippen LogP contribution in [0, 0.1) is 0 Å². The molecule has 1 aromatic heterocycles. The van der Waals surface area contributed by atoms with Gasteiger partial charge in [-0.15, -0.1) is 0 Å². The average Bonchev–Trinajstić information content (AvgIpc) is 3.14. The molecule has 0 bridgehead atoms. The van der Waals surface area contributed by atoms with Crippen LogP contribution in [0.2, 0.25) is 0 Å². The Labute approximate surface area is 169 Å². The first-order valence-corrected chi connectivity index (χ1v) is 9.44. The molecule has 0 aliphatic rings. The van der Waals surface area contributed by atoms with Gasteiger partial charge in [-0.05, 0) is 43.2 Å². The van der Waals surface area contributed by atoms with E-state index in [1.807, 2.05) is 25.1 Å². The van der Waals surface area contributed by atoms with Gasteiger partial charge >= 0.3 is 0 Å². The van der Waals surface area contributed by atoms with Gasteiger partial charge in [0.15, 0.2) is 11.5 Å². The molecule has 0 spiro atoms. The largest absolute Gasteiger partial charge is 0.493 e. The first-order chi connectivity index (χ1) is 14.0. The predicted octanol–water partition coefficient (Wildman–Crippen LogP) is 3.41. The van der Waals surface area contributed by atoms with Crippen LogP contribution in [0.3, 0.4) is 0 Å². The lowest BCUT2D eigenvalue weighted by molar-refractivity contribution is -0.121. The van der Waals surface area contributed by atoms with Crippen molar-refractivity contribution in [2.75, 3.05) is 13.7 Å². The van der Waals surface area contributed by atoms with Crippen molar-refractivity contribution in [1.29, 1.82) is 0 Å². The number of hydrogen-bond acceptors (Lipinski definition) is 5. The molecule has 0 aliphatic carbocycles. The Balaban J connectivity index is 1.61. The first kappa shape index (κ1) is 20.3. The molecule has 2 aromatic carbocycles. The van der Waals surface area contributed by atoms with Crippen molar-refractivity contribution < 1.29 is 23.5 Å². The maximum atomic E-state index is 12.3. The van der Waals surface area contributed by atoms with Crippen LogP contribution in [0.15, 0.2) is 47.1 Å². The van der Waals surface area contributed by atoms with Crippen molar-refractivity contribution in [1.82, 2.24) is 10.9 Å². The van der Waals surface area contributed by atoms with E-state index in [4.69, 9.17) is 13.9 Å². The zero-order valence-electron chi connectivity index (χ0n) is 16.7. The summed E-state index contributed by atoms with van der Waals surface area (Å²) in [5, 5.41) is 0.889. The summed E-state index contributed by atoms with van der Waals surface area (Å²) >= 11 is 0. The van der Waals surface area contributed by atoms with Crippen molar-refractivity contribution >= 4 is 22.8 Å². The van der Waals surface area contributed by atoms with Crippen molar-refractivity contribution in [2.24, 2.45) is 0 Å². The van der Waals surface area contributed by atoms with E-state index in [9.17, 15) is 9.59 Å². The summed E-state index contributed by atoms with van der Waals surface area (Å²) in [5.74, 6) is 0.193. The molecule has 0 atom stereocenters. The fraction of sp³-hybridized carbons (Fsp3) is 0.273. The van der Waals surface area contributed by atoms with E-state index in [-0.39, 0.29) is 12.3 Å². The Morgan fingerprint density at radius 1 is 1.03 bits per heavy atom. The summed E-state index contributed by atoms with van der Waals surface area (Å²) in [4.78, 5) is 24.6. The normalized spacial score (nSPS) is 10.6. The van der Waals surface area contributed by atoms with Crippen LogP contribution in [0.4, 0.5) is 0 Å². The van der Waals surface area contributed by atoms with E-state index in [2.05, 4.69) is 17.8 Å². The first-order valence-electron chi connectivity index (χ1n) is 9.44. The lowest BCUT2D eigenvalue weighted by atomic mass is 10.1. The fourth-order valence-corrected chi connectivity index (χ4v) is 2.98. The van der Waals surface area contributed by atoms with Gasteiger partial charge in [-0.1, -0.05) is 19.1 Å². The zero-order valence-corrected chi connectivity index (χ0v) is 16.7. The summed E-state index contributed by atoms with van der Waals surface area (Å²) in [5.41, 5.74) is 7.86. The molecule has 152 valence electrons. The highest BCUT2D eigenvalue weighted by Gasteiger charge is 2.14. The van der Waals surface area contributed by atoms with E-state index in [0.29, 0.717) is 23.7 Å². The van der Waals surface area contributed by atoms with Gasteiger partial charge in [-0.25, -0.2) is 0 Å². The van der Waals surface area contributed by atoms with E-state index in [1.165, 1.54) is 12.7 Å². The van der Waals surface area contributed by atoms with Gasteiger partial charge in [0.1, 0.15) is 5.58 Å². The Bertz CT molecular complexity index is 1030. The third kappa shape index (κ3) is 4.68. The number of nitrogens with one attached hydrogen (secondary N) is 2. The highest BCUT2D eigenvalue weighted by atomic mass is 16.5. The monoisotopic (exact) mass is 396 g/mol. The second-order valence-electron chi connectivity index (χ2n) is 6.42. The number of methoxy groups -OCH3 is 1. The number of benzene rings is 2. The second-order valence-corrected chi connectivity index (χ2v) is 6.42. The molecule has 0 saturated heterocycles. The van der Waals surface area contributed by atoms with Crippen LogP contribution in [-0.2, 0) is 17.6 Å². The molecule has 29 heavy (non-hydrogen) atoms. The molecule has 7 nitrogen and oxygen atoms in total. The number of hydrazine groups is 1. The number of aryl methyl sites for hydroxylation is 1. The Morgan fingerprint density at radius 2 is 1.86 bits per heavy atom. The van der Waals surface area contributed by atoms with E-state index in [1.54, 1.807) is 24.5 Å². The highest BCUT2D eigenvalue weighted by Crippen LogP contribution is 2.28. The van der Waals surface area contributed by atoms with Crippen molar-refractivity contribution in [3.05, 3.63) is 59.4 Å². The van der Waals surface area contributed by atoms with Gasteiger partial charge in [0.25, 0.3) is 5.91 Å². The topological polar surface area (TPSA) is 89.8 Å². The molecule has 1 heterocycles. The lowest BCUT2D eigenvalue weighted by Crippen LogP contribution is -2.42. The standard InChI is InChI=1S/C22H24N2O5/c1-4-14-6-8-17-16(13-29-19(17)10-14)12-21(25)23-24-22(26)15-7-9-18(28-5-2)20(11-15)27-3/h6-11,13H,4-5,12H2,1-3H3,(H,23,25)(H,24,26). The number of carbonyl (C=O) groups is 2. The molecular formula is C22H24N2O5. The van der Waals surface area contributed by atoms with E-state index >= 15 is 0 Å². The van der Waals surface area contributed by atoms with E-state index in [0.717, 1.165) is 23.0 Å². The lowest BCUT2D eigenvalue weighted by Gasteiger charge is -2.11. The highest BCUT2D eigenvalue weighted by molar-refractivity contribution is 5.96. The minimum atomic E-state index is -0.454. The summed E-state index contributed by atoms with van der Waals surface area (Å²) in [6, 6.07) is 10.7. The SMILES string of the molecule is CCOc1ccc(C(=O)NNC(=O)Cc2coc3cc(CC)ccc23)cc1OC. The molecule has 2 N–H and O–H groups in total. The van der Waals surface area contributed by atoms with Crippen molar-refractivity contribution in [2.45, 2.75) is 26.7 Å². The Morgan fingerprint density at radius 3 is 2.59 bits per heavy atom. The summed E-state index contributed by atoms with van der Waals surface area (Å²) in [7, 11) is 1.50. The number of rotatable bonds is 7. The summed E-state index contributed by atoms with van der Waals surface area (Å²) in [6.45, 7) is 4.42. The van der Waals surface area contributed by atoms with Gasteiger partial charge in [-0.2, -0.15) is 0 Å². The van der Waals surface area contributed by atoms with Crippen molar-refractivity contribution in [3.8, 4) is 11.5 Å². The molecule has 3 rings (SSSR count). The van der Waals surface area contributed by atoms with Crippen LogP contribution in [0.25, 0.3) is 11.0 Å². The molecule has 0 saturated carbocycles. The van der Waals surface area contributed by atoms with Crippen LogP contribution in [0.1, 0.15) is 35.3 Å². The third-order valence-corrected chi connectivity index (χ3v) is 4.52. The second kappa shape index (κ2) is 9.14. The van der Waals surface area contributed by atoms with Crippen LogP contribution in [-0.4, -0.2) is 25.5 Å². The van der Waals surface area contributed by atoms with Crippen LogP contribution >= 0.6 is 0 Å². The number of amides is 2. The average molecular weight is 396 g/mol.